The number of nitrogens with two attached hydrogens (primary N) is 1. The third kappa shape index (κ3) is 2.18. The summed E-state index contributed by atoms with van der Waals surface area (Å²) in [5, 5.41) is 11.2. The summed E-state index contributed by atoms with van der Waals surface area (Å²) >= 11 is 0. The molecule has 0 amide bonds. The number of fused-ring (bicyclic) bond motifs is 1. The van der Waals surface area contributed by atoms with Gasteiger partial charge in [0.1, 0.15) is 0 Å². The van der Waals surface area contributed by atoms with E-state index in [0.29, 0.717) is 16.7 Å². The van der Waals surface area contributed by atoms with Crippen molar-refractivity contribution in [2.75, 3.05) is 11.1 Å². The molecule has 0 aliphatic heterocycles. The molecule has 0 saturated heterocycles. The molecule has 3 N–H and O–H groups in total. The molecule has 0 aliphatic rings. The second-order valence-corrected chi connectivity index (χ2v) is 4.68. The maximum atomic E-state index is 5.85. The van der Waals surface area contributed by atoms with Crippen molar-refractivity contribution in [1.29, 1.82) is 0 Å². The fourth-order valence-electron chi connectivity index (χ4n) is 2.30. The molecule has 0 radical (unpaired) electrons. The van der Waals surface area contributed by atoms with Gasteiger partial charge in [-0.25, -0.2) is 4.63 Å². The Morgan fingerprint density at radius 1 is 1.10 bits per heavy atom. The van der Waals surface area contributed by atoms with Gasteiger partial charge in [0.2, 0.25) is 0 Å². The molecule has 0 bridgehead atoms. The lowest BCUT2D eigenvalue weighted by Gasteiger charge is -2.18. The van der Waals surface area contributed by atoms with Gasteiger partial charge >= 0.3 is 0 Å². The Hall–Kier alpha value is -2.56. The number of hydrogen-bond acceptors (Lipinski definition) is 5. The van der Waals surface area contributed by atoms with Crippen LogP contribution in [-0.4, -0.2) is 10.3 Å². The van der Waals surface area contributed by atoms with E-state index in [-0.39, 0.29) is 6.04 Å². The van der Waals surface area contributed by atoms with E-state index in [4.69, 9.17) is 10.4 Å². The Morgan fingerprint density at radius 2 is 1.85 bits per heavy atom. The molecule has 102 valence electrons. The topological polar surface area (TPSA) is 77.0 Å². The van der Waals surface area contributed by atoms with Crippen LogP contribution in [0.4, 0.5) is 11.4 Å². The standard InChI is InChI=1S/C15H16N4O/c1-2-12(10-6-4-3-5-7-10)17-13-9-8-11(16)14-15(13)19-20-18-14/h3-9,12,17H,2,16H2,1H3. The number of hydrogen-bond donors (Lipinski definition) is 2. The highest BCUT2D eigenvalue weighted by Gasteiger charge is 2.14. The number of benzene rings is 2. The van der Waals surface area contributed by atoms with Gasteiger partial charge in [0, 0.05) is 0 Å². The van der Waals surface area contributed by atoms with Crippen molar-refractivity contribution in [2.45, 2.75) is 19.4 Å². The van der Waals surface area contributed by atoms with Gasteiger partial charge in [-0.2, -0.15) is 0 Å². The lowest BCUT2D eigenvalue weighted by Crippen LogP contribution is -2.10. The van der Waals surface area contributed by atoms with Crippen LogP contribution >= 0.6 is 0 Å². The van der Waals surface area contributed by atoms with Crippen LogP contribution in [0.1, 0.15) is 24.9 Å². The van der Waals surface area contributed by atoms with Crippen LogP contribution in [0, 0.1) is 0 Å². The van der Waals surface area contributed by atoms with Crippen molar-refractivity contribution < 1.29 is 4.63 Å². The average Bonchev–Trinajstić information content (AvgIpc) is 2.98. The van der Waals surface area contributed by atoms with Gasteiger partial charge < -0.3 is 11.1 Å². The highest BCUT2D eigenvalue weighted by Crippen LogP contribution is 2.29. The van der Waals surface area contributed by atoms with Gasteiger partial charge in [-0.15, -0.1) is 0 Å². The van der Waals surface area contributed by atoms with E-state index >= 15 is 0 Å². The smallest absolute Gasteiger partial charge is 0.160 e. The molecule has 0 spiro atoms. The molecule has 1 atom stereocenters. The van der Waals surface area contributed by atoms with Gasteiger partial charge in [0.15, 0.2) is 11.0 Å². The Morgan fingerprint density at radius 3 is 2.60 bits per heavy atom. The van der Waals surface area contributed by atoms with Crippen molar-refractivity contribution in [3.05, 3.63) is 48.0 Å². The SMILES string of the molecule is CCC(Nc1ccc(N)c2nonc12)c1ccccc1. The normalized spacial score (nSPS) is 12.4. The summed E-state index contributed by atoms with van der Waals surface area (Å²) < 4.78 is 4.79. The lowest BCUT2D eigenvalue weighted by molar-refractivity contribution is 0.315. The average molecular weight is 268 g/mol. The van der Waals surface area contributed by atoms with Crippen LogP contribution in [0.25, 0.3) is 11.0 Å². The maximum Gasteiger partial charge on any atom is 0.160 e. The van der Waals surface area contributed by atoms with Crippen LogP contribution < -0.4 is 11.1 Å². The maximum absolute atomic E-state index is 5.85. The van der Waals surface area contributed by atoms with E-state index in [1.54, 1.807) is 0 Å². The molecule has 1 aromatic heterocycles. The minimum Gasteiger partial charge on any atom is -0.397 e. The first kappa shape index (κ1) is 12.5. The Kier molecular flexibility index (Phi) is 3.25. The summed E-state index contributed by atoms with van der Waals surface area (Å²) in [7, 11) is 0. The molecule has 5 nitrogen and oxygen atoms in total. The van der Waals surface area contributed by atoms with Crippen LogP contribution in [-0.2, 0) is 0 Å². The predicted molar refractivity (Wildman–Crippen MR) is 79.3 cm³/mol. The quantitative estimate of drug-likeness (QED) is 0.709. The zero-order valence-electron chi connectivity index (χ0n) is 11.2. The van der Waals surface area contributed by atoms with E-state index < -0.39 is 0 Å². The van der Waals surface area contributed by atoms with Crippen molar-refractivity contribution in [3.63, 3.8) is 0 Å². The van der Waals surface area contributed by atoms with Crippen LogP contribution in [0.2, 0.25) is 0 Å². The summed E-state index contributed by atoms with van der Waals surface area (Å²) in [5.41, 5.74) is 9.80. The molecular weight excluding hydrogens is 252 g/mol. The summed E-state index contributed by atoms with van der Waals surface area (Å²) in [6.07, 6.45) is 0.959. The van der Waals surface area contributed by atoms with Gasteiger partial charge in [0.05, 0.1) is 17.4 Å². The zero-order chi connectivity index (χ0) is 13.9. The number of nitrogen functional groups attached to an aromatic ring is 1. The molecule has 0 fully saturated rings. The van der Waals surface area contributed by atoms with Crippen LogP contribution in [0.15, 0.2) is 47.1 Å². The number of nitrogens with zero attached hydrogens (tertiary/aromatic N) is 2. The zero-order valence-corrected chi connectivity index (χ0v) is 11.2. The second-order valence-electron chi connectivity index (χ2n) is 4.68. The molecule has 0 aliphatic carbocycles. The van der Waals surface area contributed by atoms with Crippen molar-refractivity contribution in [2.24, 2.45) is 0 Å². The van der Waals surface area contributed by atoms with Crippen molar-refractivity contribution >= 4 is 22.4 Å². The summed E-state index contributed by atoms with van der Waals surface area (Å²) in [5.74, 6) is 0. The summed E-state index contributed by atoms with van der Waals surface area (Å²) in [4.78, 5) is 0. The monoisotopic (exact) mass is 268 g/mol. The minimum atomic E-state index is 0.208. The number of anilines is 2. The first-order valence-electron chi connectivity index (χ1n) is 6.62. The molecule has 20 heavy (non-hydrogen) atoms. The number of aromatic nitrogens is 2. The highest BCUT2D eigenvalue weighted by molar-refractivity contribution is 5.95. The van der Waals surface area contributed by atoms with Crippen LogP contribution in [0.5, 0.6) is 0 Å². The molecule has 1 heterocycles. The molecule has 2 aromatic carbocycles. The number of nitrogens with one attached hydrogen (secondary N) is 1. The fourth-order valence-corrected chi connectivity index (χ4v) is 2.30. The van der Waals surface area contributed by atoms with Crippen LogP contribution in [0.3, 0.4) is 0 Å². The molecule has 3 rings (SSSR count). The van der Waals surface area contributed by atoms with E-state index in [0.717, 1.165) is 12.1 Å². The third-order valence-corrected chi connectivity index (χ3v) is 3.39. The minimum absolute atomic E-state index is 0.208. The Bertz CT molecular complexity index is 708. The molecule has 1 unspecified atom stereocenters. The van der Waals surface area contributed by atoms with Gasteiger partial charge in [0.25, 0.3) is 0 Å². The van der Waals surface area contributed by atoms with Crippen molar-refractivity contribution in [3.8, 4) is 0 Å². The first-order valence-corrected chi connectivity index (χ1v) is 6.62. The van der Waals surface area contributed by atoms with E-state index in [1.807, 2.05) is 30.3 Å². The predicted octanol–water partition coefficient (Wildman–Crippen LogP) is 3.37. The molecule has 5 heteroatoms. The van der Waals surface area contributed by atoms with E-state index in [1.165, 1.54) is 5.56 Å². The Labute approximate surface area is 116 Å². The first-order chi connectivity index (χ1) is 9.79. The van der Waals surface area contributed by atoms with E-state index in [2.05, 4.69) is 34.7 Å². The summed E-state index contributed by atoms with van der Waals surface area (Å²) in [6, 6.07) is 14.2. The fraction of sp³-hybridized carbons (Fsp3) is 0.200. The largest absolute Gasteiger partial charge is 0.397 e. The van der Waals surface area contributed by atoms with Gasteiger partial charge in [-0.3, -0.25) is 0 Å². The van der Waals surface area contributed by atoms with E-state index in [9.17, 15) is 0 Å². The molecular formula is C15H16N4O. The lowest BCUT2D eigenvalue weighted by atomic mass is 10.0. The highest BCUT2D eigenvalue weighted by atomic mass is 16.6. The Balaban J connectivity index is 1.96. The van der Waals surface area contributed by atoms with Gasteiger partial charge in [-0.05, 0) is 34.4 Å². The second kappa shape index (κ2) is 5.21. The molecule has 3 aromatic rings. The molecule has 0 saturated carbocycles. The van der Waals surface area contributed by atoms with Gasteiger partial charge in [-0.1, -0.05) is 37.3 Å². The van der Waals surface area contributed by atoms with Crippen molar-refractivity contribution in [1.82, 2.24) is 10.3 Å². The third-order valence-electron chi connectivity index (χ3n) is 3.39. The summed E-state index contributed by atoms with van der Waals surface area (Å²) in [6.45, 7) is 2.14. The number of rotatable bonds is 4.